The molecule has 0 spiro atoms. The SMILES string of the molecule is Cc1nnsc1C(=O)N1CC[NH+](Cc2ccc(C(C)C)cc2)CC1. The maximum absolute atomic E-state index is 12.5. The first-order valence-corrected chi connectivity index (χ1v) is 9.32. The van der Waals surface area contributed by atoms with Gasteiger partial charge in [-0.05, 0) is 29.9 Å². The highest BCUT2D eigenvalue weighted by Gasteiger charge is 2.26. The van der Waals surface area contributed by atoms with Gasteiger partial charge in [-0.25, -0.2) is 0 Å². The second kappa shape index (κ2) is 7.40. The first kappa shape index (κ1) is 17.0. The molecule has 3 rings (SSSR count). The van der Waals surface area contributed by atoms with Gasteiger partial charge >= 0.3 is 0 Å². The van der Waals surface area contributed by atoms with E-state index in [4.69, 9.17) is 0 Å². The van der Waals surface area contributed by atoms with Crippen LogP contribution in [0.5, 0.6) is 0 Å². The molecular formula is C18H25N4OS+. The molecular weight excluding hydrogens is 320 g/mol. The van der Waals surface area contributed by atoms with Crippen molar-refractivity contribution in [3.63, 3.8) is 0 Å². The lowest BCUT2D eigenvalue weighted by atomic mass is 10.0. The lowest BCUT2D eigenvalue weighted by Gasteiger charge is -2.32. The third-order valence-electron chi connectivity index (χ3n) is 4.70. The van der Waals surface area contributed by atoms with Crippen molar-refractivity contribution in [1.82, 2.24) is 14.5 Å². The highest BCUT2D eigenvalue weighted by molar-refractivity contribution is 7.07. The summed E-state index contributed by atoms with van der Waals surface area (Å²) in [5.74, 6) is 0.661. The number of hydrogen-bond donors (Lipinski definition) is 1. The van der Waals surface area contributed by atoms with Crippen molar-refractivity contribution in [2.45, 2.75) is 33.2 Å². The zero-order valence-electron chi connectivity index (χ0n) is 14.6. The van der Waals surface area contributed by atoms with E-state index in [0.29, 0.717) is 10.8 Å². The van der Waals surface area contributed by atoms with Crippen LogP contribution >= 0.6 is 11.5 Å². The van der Waals surface area contributed by atoms with E-state index in [9.17, 15) is 4.79 Å². The Bertz CT molecular complexity index is 687. The normalized spacial score (nSPS) is 15.9. The predicted molar refractivity (Wildman–Crippen MR) is 95.5 cm³/mol. The van der Waals surface area contributed by atoms with Crippen molar-refractivity contribution in [3.05, 3.63) is 46.0 Å². The van der Waals surface area contributed by atoms with E-state index in [0.717, 1.165) is 38.4 Å². The van der Waals surface area contributed by atoms with Gasteiger partial charge in [0.1, 0.15) is 11.4 Å². The number of nitrogens with zero attached hydrogens (tertiary/aromatic N) is 3. The topological polar surface area (TPSA) is 50.5 Å². The number of rotatable bonds is 4. The van der Waals surface area contributed by atoms with Gasteiger partial charge in [-0.1, -0.05) is 42.6 Å². The van der Waals surface area contributed by atoms with Gasteiger partial charge in [0.2, 0.25) is 0 Å². The Morgan fingerprint density at radius 1 is 1.25 bits per heavy atom. The largest absolute Gasteiger partial charge is 0.328 e. The number of aryl methyl sites for hydroxylation is 1. The molecule has 1 aromatic heterocycles. The Balaban J connectivity index is 1.53. The monoisotopic (exact) mass is 345 g/mol. The zero-order valence-corrected chi connectivity index (χ0v) is 15.4. The van der Waals surface area contributed by atoms with Crippen LogP contribution in [0.3, 0.4) is 0 Å². The molecule has 1 saturated heterocycles. The first-order chi connectivity index (χ1) is 11.5. The van der Waals surface area contributed by atoms with E-state index in [1.807, 2.05) is 11.8 Å². The number of carbonyl (C=O) groups is 1. The van der Waals surface area contributed by atoms with Crippen LogP contribution in [0.4, 0.5) is 0 Å². The Morgan fingerprint density at radius 3 is 2.46 bits per heavy atom. The fraction of sp³-hybridized carbons (Fsp3) is 0.500. The minimum absolute atomic E-state index is 0.0860. The number of piperazine rings is 1. The fourth-order valence-corrected chi connectivity index (χ4v) is 3.71. The van der Waals surface area contributed by atoms with Gasteiger partial charge in [0, 0.05) is 5.56 Å². The molecule has 2 heterocycles. The second-order valence-corrected chi connectivity index (χ2v) is 7.56. The van der Waals surface area contributed by atoms with E-state index < -0.39 is 0 Å². The summed E-state index contributed by atoms with van der Waals surface area (Å²) in [5, 5.41) is 3.94. The van der Waals surface area contributed by atoms with E-state index in [2.05, 4.69) is 47.7 Å². The van der Waals surface area contributed by atoms with Crippen LogP contribution in [0.15, 0.2) is 24.3 Å². The van der Waals surface area contributed by atoms with Crippen LogP contribution in [-0.4, -0.2) is 46.6 Å². The third kappa shape index (κ3) is 3.82. The van der Waals surface area contributed by atoms with Crippen molar-refractivity contribution in [1.29, 1.82) is 0 Å². The van der Waals surface area contributed by atoms with Crippen LogP contribution in [-0.2, 0) is 6.54 Å². The Kier molecular flexibility index (Phi) is 5.26. The minimum Gasteiger partial charge on any atom is -0.328 e. The number of carbonyl (C=O) groups excluding carboxylic acids is 1. The van der Waals surface area contributed by atoms with Gasteiger partial charge in [0.05, 0.1) is 31.9 Å². The molecule has 1 aliphatic rings. The average Bonchev–Trinajstić information content (AvgIpc) is 3.01. The number of quaternary nitrogens is 1. The molecule has 128 valence electrons. The number of hydrogen-bond acceptors (Lipinski definition) is 4. The van der Waals surface area contributed by atoms with Gasteiger partial charge in [-0.2, -0.15) is 0 Å². The summed E-state index contributed by atoms with van der Waals surface area (Å²) >= 11 is 1.20. The summed E-state index contributed by atoms with van der Waals surface area (Å²) in [4.78, 5) is 16.7. The molecule has 5 nitrogen and oxygen atoms in total. The maximum atomic E-state index is 12.5. The van der Waals surface area contributed by atoms with Gasteiger partial charge < -0.3 is 9.80 Å². The molecule has 6 heteroatoms. The number of nitrogens with one attached hydrogen (secondary N) is 1. The molecule has 0 bridgehead atoms. The quantitative estimate of drug-likeness (QED) is 0.914. The van der Waals surface area contributed by atoms with Crippen molar-refractivity contribution in [2.75, 3.05) is 26.2 Å². The van der Waals surface area contributed by atoms with Crippen LogP contribution in [0.1, 0.15) is 46.3 Å². The highest BCUT2D eigenvalue weighted by Crippen LogP contribution is 2.15. The van der Waals surface area contributed by atoms with E-state index in [1.165, 1.54) is 27.6 Å². The summed E-state index contributed by atoms with van der Waals surface area (Å²) in [6.07, 6.45) is 0. The van der Waals surface area contributed by atoms with Crippen LogP contribution in [0, 0.1) is 6.92 Å². The zero-order chi connectivity index (χ0) is 17.1. The van der Waals surface area contributed by atoms with Crippen LogP contribution in [0.25, 0.3) is 0 Å². The predicted octanol–water partition coefficient (Wildman–Crippen LogP) is 1.51. The molecule has 0 radical (unpaired) electrons. The lowest BCUT2D eigenvalue weighted by molar-refractivity contribution is -0.917. The Hall–Kier alpha value is -1.79. The smallest absolute Gasteiger partial charge is 0.267 e. The average molecular weight is 345 g/mol. The summed E-state index contributed by atoms with van der Waals surface area (Å²) in [5.41, 5.74) is 3.50. The molecule has 1 amide bonds. The molecule has 1 aliphatic heterocycles. The molecule has 0 aliphatic carbocycles. The van der Waals surface area contributed by atoms with E-state index >= 15 is 0 Å². The maximum Gasteiger partial charge on any atom is 0.267 e. The highest BCUT2D eigenvalue weighted by atomic mass is 32.1. The number of aromatic nitrogens is 2. The molecule has 0 atom stereocenters. The van der Waals surface area contributed by atoms with E-state index in [1.54, 1.807) is 0 Å². The fourth-order valence-electron chi connectivity index (χ4n) is 3.08. The minimum atomic E-state index is 0.0860. The van der Waals surface area contributed by atoms with Gasteiger partial charge in [0.15, 0.2) is 0 Å². The van der Waals surface area contributed by atoms with Gasteiger partial charge in [-0.3, -0.25) is 4.79 Å². The molecule has 0 saturated carbocycles. The van der Waals surface area contributed by atoms with Crippen LogP contribution < -0.4 is 4.90 Å². The number of benzene rings is 1. The van der Waals surface area contributed by atoms with Crippen molar-refractivity contribution < 1.29 is 9.69 Å². The van der Waals surface area contributed by atoms with Crippen LogP contribution in [0.2, 0.25) is 0 Å². The van der Waals surface area contributed by atoms with Gasteiger partial charge in [-0.15, -0.1) is 5.10 Å². The molecule has 0 unspecified atom stereocenters. The standard InChI is InChI=1S/C18H24N4OS/c1-13(2)16-6-4-15(5-7-16)12-21-8-10-22(11-9-21)18(23)17-14(3)19-20-24-17/h4-7,13H,8-12H2,1-3H3/p+1. The Labute approximate surface area is 147 Å². The van der Waals surface area contributed by atoms with Crippen molar-refractivity contribution in [2.24, 2.45) is 0 Å². The second-order valence-electron chi connectivity index (χ2n) is 6.80. The van der Waals surface area contributed by atoms with Gasteiger partial charge in [0.25, 0.3) is 5.91 Å². The summed E-state index contributed by atoms with van der Waals surface area (Å²) in [6.45, 7) is 10.9. The third-order valence-corrected chi connectivity index (χ3v) is 5.52. The molecule has 1 fully saturated rings. The van der Waals surface area contributed by atoms with E-state index in [-0.39, 0.29) is 5.91 Å². The molecule has 2 aromatic rings. The molecule has 1 N–H and O–H groups in total. The Morgan fingerprint density at radius 2 is 1.92 bits per heavy atom. The summed E-state index contributed by atoms with van der Waals surface area (Å²) in [6, 6.07) is 8.95. The lowest BCUT2D eigenvalue weighted by Crippen LogP contribution is -3.13. The van der Waals surface area contributed by atoms with Crippen molar-refractivity contribution >= 4 is 17.4 Å². The van der Waals surface area contributed by atoms with Crippen molar-refractivity contribution in [3.8, 4) is 0 Å². The summed E-state index contributed by atoms with van der Waals surface area (Å²) < 4.78 is 3.87. The molecule has 1 aromatic carbocycles. The first-order valence-electron chi connectivity index (χ1n) is 8.55. The molecule has 24 heavy (non-hydrogen) atoms. The number of amides is 1. The summed E-state index contributed by atoms with van der Waals surface area (Å²) in [7, 11) is 0.